The van der Waals surface area contributed by atoms with E-state index in [1.807, 2.05) is 6.92 Å². The van der Waals surface area contributed by atoms with Crippen LogP contribution in [-0.4, -0.2) is 10.2 Å². The molecule has 1 aromatic carbocycles. The summed E-state index contributed by atoms with van der Waals surface area (Å²) in [6.45, 7) is 1.96. The molecule has 2 rings (SSSR count). The van der Waals surface area contributed by atoms with Crippen LogP contribution in [0.3, 0.4) is 0 Å². The SMILES string of the molecule is CC(Nc1ccc(Cl)nn1)c1ccc(F)cc1. The molecule has 1 heterocycles. The largest absolute Gasteiger partial charge is 0.362 e. The summed E-state index contributed by atoms with van der Waals surface area (Å²) in [7, 11) is 0. The quantitative estimate of drug-likeness (QED) is 0.908. The lowest BCUT2D eigenvalue weighted by Gasteiger charge is -2.14. The van der Waals surface area contributed by atoms with Gasteiger partial charge in [0.2, 0.25) is 0 Å². The summed E-state index contributed by atoms with van der Waals surface area (Å²) in [5, 5.41) is 11.1. The maximum atomic E-state index is 12.8. The summed E-state index contributed by atoms with van der Waals surface area (Å²) < 4.78 is 12.8. The highest BCUT2D eigenvalue weighted by Crippen LogP contribution is 2.18. The Balaban J connectivity index is 2.08. The Labute approximate surface area is 104 Å². The lowest BCUT2D eigenvalue weighted by atomic mass is 10.1. The molecule has 88 valence electrons. The lowest BCUT2D eigenvalue weighted by Crippen LogP contribution is -2.08. The van der Waals surface area contributed by atoms with Crippen LogP contribution in [0.1, 0.15) is 18.5 Å². The summed E-state index contributed by atoms with van der Waals surface area (Å²) >= 11 is 5.64. The monoisotopic (exact) mass is 251 g/mol. The van der Waals surface area contributed by atoms with E-state index in [1.165, 1.54) is 12.1 Å². The molecule has 0 saturated heterocycles. The molecule has 0 spiro atoms. The van der Waals surface area contributed by atoms with Crippen molar-refractivity contribution in [2.75, 3.05) is 5.32 Å². The van der Waals surface area contributed by atoms with Crippen molar-refractivity contribution in [1.29, 1.82) is 0 Å². The molecule has 0 fully saturated rings. The van der Waals surface area contributed by atoms with Crippen molar-refractivity contribution in [3.8, 4) is 0 Å². The highest BCUT2D eigenvalue weighted by atomic mass is 35.5. The average molecular weight is 252 g/mol. The van der Waals surface area contributed by atoms with Crippen LogP contribution in [0.5, 0.6) is 0 Å². The highest BCUT2D eigenvalue weighted by Gasteiger charge is 2.06. The molecule has 5 heteroatoms. The normalized spacial score (nSPS) is 12.2. The third kappa shape index (κ3) is 3.14. The number of rotatable bonds is 3. The van der Waals surface area contributed by atoms with E-state index >= 15 is 0 Å². The summed E-state index contributed by atoms with van der Waals surface area (Å²) in [5.74, 6) is 0.387. The zero-order valence-electron chi connectivity index (χ0n) is 9.19. The predicted molar refractivity (Wildman–Crippen MR) is 65.5 cm³/mol. The Morgan fingerprint density at radius 1 is 1.12 bits per heavy atom. The molecular formula is C12H11ClFN3. The average Bonchev–Trinajstić information content (AvgIpc) is 2.33. The molecular weight excluding hydrogens is 241 g/mol. The van der Waals surface area contributed by atoms with Gasteiger partial charge in [0, 0.05) is 0 Å². The summed E-state index contributed by atoms with van der Waals surface area (Å²) in [5.41, 5.74) is 0.975. The maximum Gasteiger partial charge on any atom is 0.151 e. The molecule has 0 radical (unpaired) electrons. The van der Waals surface area contributed by atoms with Gasteiger partial charge >= 0.3 is 0 Å². The Bertz CT molecular complexity index is 484. The van der Waals surface area contributed by atoms with Gasteiger partial charge in [0.15, 0.2) is 5.15 Å². The van der Waals surface area contributed by atoms with Crippen LogP contribution in [0.4, 0.5) is 10.2 Å². The topological polar surface area (TPSA) is 37.8 Å². The zero-order chi connectivity index (χ0) is 12.3. The second-order valence-electron chi connectivity index (χ2n) is 3.66. The molecule has 0 bridgehead atoms. The number of benzene rings is 1. The van der Waals surface area contributed by atoms with Gasteiger partial charge in [-0.3, -0.25) is 0 Å². The van der Waals surface area contributed by atoms with E-state index in [9.17, 15) is 4.39 Å². The molecule has 1 N–H and O–H groups in total. The number of nitrogens with one attached hydrogen (secondary N) is 1. The van der Waals surface area contributed by atoms with Crippen molar-refractivity contribution in [3.05, 3.63) is 52.9 Å². The van der Waals surface area contributed by atoms with Crippen LogP contribution in [0.2, 0.25) is 5.15 Å². The number of hydrogen-bond acceptors (Lipinski definition) is 3. The fraction of sp³-hybridized carbons (Fsp3) is 0.167. The van der Waals surface area contributed by atoms with Gasteiger partial charge < -0.3 is 5.32 Å². The molecule has 17 heavy (non-hydrogen) atoms. The van der Waals surface area contributed by atoms with Gasteiger partial charge in [-0.1, -0.05) is 23.7 Å². The number of hydrogen-bond donors (Lipinski definition) is 1. The van der Waals surface area contributed by atoms with E-state index in [2.05, 4.69) is 15.5 Å². The number of nitrogens with zero attached hydrogens (tertiary/aromatic N) is 2. The van der Waals surface area contributed by atoms with Crippen LogP contribution in [0.15, 0.2) is 36.4 Å². The van der Waals surface area contributed by atoms with E-state index in [-0.39, 0.29) is 11.9 Å². The first-order chi connectivity index (χ1) is 8.15. The minimum atomic E-state index is -0.243. The van der Waals surface area contributed by atoms with Crippen LogP contribution in [0, 0.1) is 5.82 Å². The van der Waals surface area contributed by atoms with Crippen LogP contribution in [-0.2, 0) is 0 Å². The first kappa shape index (κ1) is 11.8. The van der Waals surface area contributed by atoms with Crippen LogP contribution < -0.4 is 5.32 Å². The Morgan fingerprint density at radius 3 is 2.41 bits per heavy atom. The number of halogens is 2. The van der Waals surface area contributed by atoms with E-state index in [0.717, 1.165) is 5.56 Å². The van der Waals surface area contributed by atoms with Gasteiger partial charge in [0.25, 0.3) is 0 Å². The van der Waals surface area contributed by atoms with Crippen molar-refractivity contribution in [3.63, 3.8) is 0 Å². The zero-order valence-corrected chi connectivity index (χ0v) is 9.95. The van der Waals surface area contributed by atoms with Gasteiger partial charge in [-0.05, 0) is 36.8 Å². The lowest BCUT2D eigenvalue weighted by molar-refractivity contribution is 0.626. The smallest absolute Gasteiger partial charge is 0.151 e. The summed E-state index contributed by atoms with van der Waals surface area (Å²) in [6.07, 6.45) is 0. The van der Waals surface area contributed by atoms with E-state index in [1.54, 1.807) is 24.3 Å². The molecule has 0 amide bonds. The van der Waals surface area contributed by atoms with Gasteiger partial charge in [-0.2, -0.15) is 0 Å². The molecule has 0 saturated carbocycles. The maximum absolute atomic E-state index is 12.8. The van der Waals surface area contributed by atoms with Crippen molar-refractivity contribution in [1.82, 2.24) is 10.2 Å². The second kappa shape index (κ2) is 5.10. The van der Waals surface area contributed by atoms with E-state index < -0.39 is 0 Å². The Kier molecular flexibility index (Phi) is 3.54. The van der Waals surface area contributed by atoms with Crippen molar-refractivity contribution < 1.29 is 4.39 Å². The Hall–Kier alpha value is -1.68. The second-order valence-corrected chi connectivity index (χ2v) is 4.05. The third-order valence-electron chi connectivity index (χ3n) is 2.37. The van der Waals surface area contributed by atoms with E-state index in [0.29, 0.717) is 11.0 Å². The van der Waals surface area contributed by atoms with Crippen LogP contribution in [0.25, 0.3) is 0 Å². The fourth-order valence-corrected chi connectivity index (χ4v) is 1.55. The van der Waals surface area contributed by atoms with Gasteiger partial charge in [0.05, 0.1) is 6.04 Å². The number of anilines is 1. The number of aromatic nitrogens is 2. The molecule has 3 nitrogen and oxygen atoms in total. The highest BCUT2D eigenvalue weighted by molar-refractivity contribution is 6.29. The molecule has 0 aliphatic carbocycles. The van der Waals surface area contributed by atoms with Gasteiger partial charge in [0.1, 0.15) is 11.6 Å². The molecule has 0 aliphatic heterocycles. The standard InChI is InChI=1S/C12H11ClFN3/c1-8(9-2-4-10(14)5-3-9)15-12-7-6-11(13)16-17-12/h2-8H,1H3,(H,15,17). The minimum absolute atomic E-state index is 0.0195. The Morgan fingerprint density at radius 2 is 1.82 bits per heavy atom. The van der Waals surface area contributed by atoms with Crippen molar-refractivity contribution >= 4 is 17.4 Å². The predicted octanol–water partition coefficient (Wildman–Crippen LogP) is 3.44. The minimum Gasteiger partial charge on any atom is -0.362 e. The van der Waals surface area contributed by atoms with E-state index in [4.69, 9.17) is 11.6 Å². The summed E-state index contributed by atoms with van der Waals surface area (Å²) in [6, 6.07) is 9.75. The molecule has 2 aromatic rings. The molecule has 1 atom stereocenters. The van der Waals surface area contributed by atoms with Gasteiger partial charge in [-0.25, -0.2) is 4.39 Å². The van der Waals surface area contributed by atoms with Gasteiger partial charge in [-0.15, -0.1) is 10.2 Å². The fourth-order valence-electron chi connectivity index (χ4n) is 1.45. The first-order valence-corrected chi connectivity index (χ1v) is 5.54. The first-order valence-electron chi connectivity index (χ1n) is 5.16. The third-order valence-corrected chi connectivity index (χ3v) is 2.57. The van der Waals surface area contributed by atoms with Crippen molar-refractivity contribution in [2.45, 2.75) is 13.0 Å². The molecule has 1 unspecified atom stereocenters. The van der Waals surface area contributed by atoms with Crippen molar-refractivity contribution in [2.24, 2.45) is 0 Å². The molecule has 1 aromatic heterocycles. The summed E-state index contributed by atoms with van der Waals surface area (Å²) in [4.78, 5) is 0. The van der Waals surface area contributed by atoms with Crippen LogP contribution >= 0.6 is 11.6 Å². The molecule has 0 aliphatic rings.